The smallest absolute Gasteiger partial charge is 0.115 e. The van der Waals surface area contributed by atoms with Gasteiger partial charge < -0.3 is 15.3 Å². The van der Waals surface area contributed by atoms with Gasteiger partial charge in [0.05, 0.1) is 0 Å². The zero-order chi connectivity index (χ0) is 28.6. The molecule has 0 aromatic heterocycles. The fraction of sp³-hybridized carbons (Fsp3) is 0.189. The van der Waals surface area contributed by atoms with E-state index < -0.39 is 0 Å². The predicted octanol–water partition coefficient (Wildman–Crippen LogP) is 8.71. The van der Waals surface area contributed by atoms with Crippen LogP contribution in [-0.4, -0.2) is 15.3 Å². The summed E-state index contributed by atoms with van der Waals surface area (Å²) in [7, 11) is 0. The minimum Gasteiger partial charge on any atom is -0.508 e. The van der Waals surface area contributed by atoms with Crippen molar-refractivity contribution in [2.75, 3.05) is 0 Å². The number of aryl methyl sites for hydroxylation is 5. The fourth-order valence-electron chi connectivity index (χ4n) is 6.09. The Morgan fingerprint density at radius 3 is 1.18 bits per heavy atom. The van der Waals surface area contributed by atoms with Gasteiger partial charge >= 0.3 is 0 Å². The number of hydrogen-bond donors (Lipinski definition) is 3. The van der Waals surface area contributed by atoms with Crippen LogP contribution in [0.25, 0.3) is 0 Å². The van der Waals surface area contributed by atoms with Gasteiger partial charge in [0.2, 0.25) is 0 Å². The van der Waals surface area contributed by atoms with Crippen LogP contribution in [0, 0.1) is 34.6 Å². The van der Waals surface area contributed by atoms with Crippen LogP contribution in [0.4, 0.5) is 0 Å². The van der Waals surface area contributed by atoms with Crippen LogP contribution in [0.5, 0.6) is 17.2 Å². The highest BCUT2D eigenvalue weighted by atomic mass is 16.3. The maximum absolute atomic E-state index is 10.1. The Kier molecular flexibility index (Phi) is 7.40. The van der Waals surface area contributed by atoms with Gasteiger partial charge in [-0.25, -0.2) is 0 Å². The van der Waals surface area contributed by atoms with Gasteiger partial charge in [-0.15, -0.1) is 0 Å². The molecular weight excluding hydrogens is 492 g/mol. The largest absolute Gasteiger partial charge is 0.508 e. The molecule has 0 fully saturated rings. The lowest BCUT2D eigenvalue weighted by Crippen LogP contribution is -2.11. The molecule has 0 radical (unpaired) electrons. The molecule has 3 nitrogen and oxygen atoms in total. The van der Waals surface area contributed by atoms with Gasteiger partial charge in [-0.1, -0.05) is 60.7 Å². The van der Waals surface area contributed by atoms with Gasteiger partial charge in [-0.2, -0.15) is 0 Å². The van der Waals surface area contributed by atoms with E-state index in [-0.39, 0.29) is 29.1 Å². The molecule has 0 saturated carbocycles. The number of benzene rings is 5. The lowest BCUT2D eigenvalue weighted by Gasteiger charge is -2.27. The van der Waals surface area contributed by atoms with Gasteiger partial charge in [-0.3, -0.25) is 0 Å². The van der Waals surface area contributed by atoms with Crippen LogP contribution in [0.15, 0.2) is 97.1 Å². The van der Waals surface area contributed by atoms with Gasteiger partial charge in [0.15, 0.2) is 0 Å². The summed E-state index contributed by atoms with van der Waals surface area (Å²) >= 11 is 0. The molecule has 202 valence electrons. The van der Waals surface area contributed by atoms with Gasteiger partial charge in [0, 0.05) is 11.8 Å². The molecule has 0 heterocycles. The van der Waals surface area contributed by atoms with Crippen molar-refractivity contribution in [1.29, 1.82) is 0 Å². The molecule has 0 spiro atoms. The molecule has 0 amide bonds. The average molecular weight is 529 g/mol. The van der Waals surface area contributed by atoms with E-state index in [0.717, 1.165) is 33.4 Å². The van der Waals surface area contributed by atoms with Gasteiger partial charge in [0.25, 0.3) is 0 Å². The Morgan fingerprint density at radius 1 is 0.375 bits per heavy atom. The van der Waals surface area contributed by atoms with E-state index in [1.807, 2.05) is 38.1 Å². The van der Waals surface area contributed by atoms with E-state index in [4.69, 9.17) is 0 Å². The van der Waals surface area contributed by atoms with Crippen molar-refractivity contribution < 1.29 is 15.3 Å². The quantitative estimate of drug-likeness (QED) is 0.193. The summed E-state index contributed by atoms with van der Waals surface area (Å²) in [5, 5.41) is 30.4. The van der Waals surface area contributed by atoms with Crippen molar-refractivity contribution in [1.82, 2.24) is 0 Å². The Labute approximate surface area is 237 Å². The van der Waals surface area contributed by atoms with E-state index in [1.54, 1.807) is 30.3 Å². The summed E-state index contributed by atoms with van der Waals surface area (Å²) in [6.45, 7) is 10.4. The van der Waals surface area contributed by atoms with Crippen LogP contribution < -0.4 is 0 Å². The maximum Gasteiger partial charge on any atom is 0.115 e. The second-order valence-electron chi connectivity index (χ2n) is 11.0. The SMILES string of the molecule is Cc1cc(O)ccc1C(c1ccc(C(c2ccccc2C)c2ccc(O)cc2C)c(C)c1)c1ccc(O)cc1C. The number of rotatable bonds is 6. The average Bonchev–Trinajstić information content (AvgIpc) is 2.90. The summed E-state index contributed by atoms with van der Waals surface area (Å²) in [5.74, 6) is 0.716. The second kappa shape index (κ2) is 10.9. The summed E-state index contributed by atoms with van der Waals surface area (Å²) in [5.41, 5.74) is 12.5. The summed E-state index contributed by atoms with van der Waals surface area (Å²) in [6.07, 6.45) is 0. The van der Waals surface area contributed by atoms with Crippen molar-refractivity contribution in [3.05, 3.63) is 158 Å². The highest BCUT2D eigenvalue weighted by molar-refractivity contribution is 5.56. The van der Waals surface area contributed by atoms with E-state index >= 15 is 0 Å². The summed E-state index contributed by atoms with van der Waals surface area (Å²) < 4.78 is 0. The third kappa shape index (κ3) is 5.20. The number of phenolic OH excluding ortho intramolecular Hbond substituents is 3. The van der Waals surface area contributed by atoms with Crippen LogP contribution >= 0.6 is 0 Å². The summed E-state index contributed by atoms with van der Waals surface area (Å²) in [4.78, 5) is 0. The fourth-order valence-corrected chi connectivity index (χ4v) is 6.09. The monoisotopic (exact) mass is 528 g/mol. The Morgan fingerprint density at radius 2 is 0.750 bits per heavy atom. The first-order valence-corrected chi connectivity index (χ1v) is 13.7. The first-order valence-electron chi connectivity index (χ1n) is 13.7. The first-order chi connectivity index (χ1) is 19.1. The van der Waals surface area contributed by atoms with Gasteiger partial charge in [-0.05, 0) is 132 Å². The molecule has 0 aliphatic carbocycles. The lowest BCUT2D eigenvalue weighted by molar-refractivity contribution is 0.473. The molecule has 5 aromatic carbocycles. The molecule has 0 bridgehead atoms. The van der Waals surface area contributed by atoms with Crippen LogP contribution in [0.3, 0.4) is 0 Å². The number of hydrogen-bond acceptors (Lipinski definition) is 3. The summed E-state index contributed by atoms with van der Waals surface area (Å²) in [6, 6.07) is 32.0. The molecule has 40 heavy (non-hydrogen) atoms. The van der Waals surface area contributed by atoms with Gasteiger partial charge in [0.1, 0.15) is 17.2 Å². The lowest BCUT2D eigenvalue weighted by atomic mass is 9.77. The van der Waals surface area contributed by atoms with E-state index in [1.165, 1.54) is 27.8 Å². The molecular formula is C37H36O3. The number of phenols is 3. The van der Waals surface area contributed by atoms with Crippen LogP contribution in [0.2, 0.25) is 0 Å². The molecule has 5 rings (SSSR count). The number of aromatic hydroxyl groups is 3. The normalized spacial score (nSPS) is 12.1. The van der Waals surface area contributed by atoms with E-state index in [9.17, 15) is 15.3 Å². The zero-order valence-corrected chi connectivity index (χ0v) is 23.7. The topological polar surface area (TPSA) is 60.7 Å². The highest BCUT2D eigenvalue weighted by Gasteiger charge is 2.25. The molecule has 1 unspecified atom stereocenters. The van der Waals surface area contributed by atoms with Crippen molar-refractivity contribution >= 4 is 0 Å². The van der Waals surface area contributed by atoms with Crippen molar-refractivity contribution in [2.45, 2.75) is 46.5 Å². The Bertz CT molecular complexity index is 1650. The molecule has 0 saturated heterocycles. The molecule has 5 aromatic rings. The predicted molar refractivity (Wildman–Crippen MR) is 163 cm³/mol. The minimum atomic E-state index is -0.0683. The van der Waals surface area contributed by atoms with Crippen molar-refractivity contribution in [2.24, 2.45) is 0 Å². The molecule has 0 aliphatic rings. The maximum atomic E-state index is 10.1. The first kappa shape index (κ1) is 27.1. The molecule has 3 heteroatoms. The Hall–Kier alpha value is -4.50. The molecule has 3 N–H and O–H groups in total. The van der Waals surface area contributed by atoms with Crippen LogP contribution in [-0.2, 0) is 0 Å². The third-order valence-electron chi connectivity index (χ3n) is 8.13. The molecule has 0 aliphatic heterocycles. The van der Waals surface area contributed by atoms with Crippen LogP contribution in [0.1, 0.15) is 73.0 Å². The van der Waals surface area contributed by atoms with Crippen molar-refractivity contribution in [3.63, 3.8) is 0 Å². The Balaban J connectivity index is 1.70. The van der Waals surface area contributed by atoms with E-state index in [0.29, 0.717) is 0 Å². The standard InChI is InChI=1S/C37H36O3/c1-22-8-6-7-9-31(22)37(35-17-13-30(40)21-26(35)5)34-14-10-27(18-23(34)2)36(32-15-11-28(38)19-24(32)3)33-16-12-29(39)20-25(33)4/h6-21,36-40H,1-5H3. The van der Waals surface area contributed by atoms with Crippen molar-refractivity contribution in [3.8, 4) is 17.2 Å². The zero-order valence-electron chi connectivity index (χ0n) is 23.7. The minimum absolute atomic E-state index is 0.0140. The second-order valence-corrected chi connectivity index (χ2v) is 11.0. The third-order valence-corrected chi connectivity index (χ3v) is 8.13. The highest BCUT2D eigenvalue weighted by Crippen LogP contribution is 2.42. The molecule has 1 atom stereocenters. The van der Waals surface area contributed by atoms with E-state index in [2.05, 4.69) is 63.2 Å².